The average Bonchev–Trinajstić information content (AvgIpc) is 2.28. The largest absolute Gasteiger partial charge is 0.349 e. The van der Waals surface area contributed by atoms with Gasteiger partial charge in [-0.15, -0.1) is 11.3 Å². The molecule has 0 aliphatic carbocycles. The van der Waals surface area contributed by atoms with Crippen LogP contribution in [-0.4, -0.2) is 10.9 Å². The van der Waals surface area contributed by atoms with Crippen molar-refractivity contribution < 1.29 is 4.79 Å². The summed E-state index contributed by atoms with van der Waals surface area (Å²) >= 11 is 1.64. The molecular formula is C9H14N2OS. The first-order chi connectivity index (χ1) is 6.00. The van der Waals surface area contributed by atoms with E-state index in [9.17, 15) is 4.79 Å². The molecule has 1 aromatic rings. The van der Waals surface area contributed by atoms with Crippen molar-refractivity contribution in [2.24, 2.45) is 0 Å². The number of carbonyl (C=O) groups is 1. The van der Waals surface area contributed by atoms with Crippen molar-refractivity contribution in [3.8, 4) is 0 Å². The highest BCUT2D eigenvalue weighted by atomic mass is 32.1. The van der Waals surface area contributed by atoms with Crippen LogP contribution in [0.4, 0.5) is 0 Å². The minimum absolute atomic E-state index is 0.00190. The van der Waals surface area contributed by atoms with Crippen LogP contribution in [0.2, 0.25) is 0 Å². The average molecular weight is 198 g/mol. The summed E-state index contributed by atoms with van der Waals surface area (Å²) in [4.78, 5) is 16.3. The van der Waals surface area contributed by atoms with Crippen LogP contribution in [0.1, 0.15) is 35.5 Å². The first-order valence-corrected chi connectivity index (χ1v) is 5.03. The van der Waals surface area contributed by atoms with Gasteiger partial charge in [-0.1, -0.05) is 0 Å². The van der Waals surface area contributed by atoms with E-state index >= 15 is 0 Å². The molecule has 1 heterocycles. The lowest BCUT2D eigenvalue weighted by molar-refractivity contribution is -0.119. The molecule has 0 radical (unpaired) electrons. The summed E-state index contributed by atoms with van der Waals surface area (Å²) in [6, 6.07) is 0.0729. The number of aromatic nitrogens is 1. The molecular weight excluding hydrogens is 184 g/mol. The molecule has 13 heavy (non-hydrogen) atoms. The van der Waals surface area contributed by atoms with Crippen LogP contribution in [0, 0.1) is 13.8 Å². The Morgan fingerprint density at radius 1 is 1.54 bits per heavy atom. The SMILES string of the molecule is CC(=O)N[C@H](C)c1sc(C)nc1C. The van der Waals surface area contributed by atoms with E-state index in [2.05, 4.69) is 10.3 Å². The Morgan fingerprint density at radius 2 is 2.15 bits per heavy atom. The Labute approximate surface area is 82.2 Å². The third-order valence-electron chi connectivity index (χ3n) is 1.75. The van der Waals surface area contributed by atoms with Crippen LogP contribution < -0.4 is 5.32 Å². The molecule has 0 saturated carbocycles. The lowest BCUT2D eigenvalue weighted by Gasteiger charge is -2.10. The van der Waals surface area contributed by atoms with Crippen molar-refractivity contribution in [3.63, 3.8) is 0 Å². The van der Waals surface area contributed by atoms with Gasteiger partial charge in [-0.05, 0) is 20.8 Å². The number of nitrogens with zero attached hydrogens (tertiary/aromatic N) is 1. The number of hydrogen-bond donors (Lipinski definition) is 1. The number of amides is 1. The lowest BCUT2D eigenvalue weighted by atomic mass is 10.2. The zero-order chi connectivity index (χ0) is 10.0. The van der Waals surface area contributed by atoms with Gasteiger partial charge in [-0.25, -0.2) is 4.98 Å². The van der Waals surface area contributed by atoms with E-state index in [1.54, 1.807) is 11.3 Å². The molecule has 0 fully saturated rings. The summed E-state index contributed by atoms with van der Waals surface area (Å²) in [6.07, 6.45) is 0. The Hall–Kier alpha value is -0.900. The number of carbonyl (C=O) groups excluding carboxylic acids is 1. The third kappa shape index (κ3) is 2.52. The molecule has 0 aromatic carbocycles. The highest BCUT2D eigenvalue weighted by molar-refractivity contribution is 7.11. The number of hydrogen-bond acceptors (Lipinski definition) is 3. The smallest absolute Gasteiger partial charge is 0.217 e. The number of nitrogens with one attached hydrogen (secondary N) is 1. The standard InChI is InChI=1S/C9H14N2OS/c1-5(10-7(3)12)9-6(2)11-8(4)13-9/h5H,1-4H3,(H,10,12)/t5-/m1/s1. The normalized spacial score (nSPS) is 12.6. The summed E-state index contributed by atoms with van der Waals surface area (Å²) in [7, 11) is 0. The molecule has 72 valence electrons. The topological polar surface area (TPSA) is 42.0 Å². The first kappa shape index (κ1) is 10.2. The Bertz CT molecular complexity index is 319. The van der Waals surface area contributed by atoms with Gasteiger partial charge in [-0.2, -0.15) is 0 Å². The van der Waals surface area contributed by atoms with Crippen molar-refractivity contribution >= 4 is 17.2 Å². The van der Waals surface area contributed by atoms with E-state index in [4.69, 9.17) is 0 Å². The molecule has 3 nitrogen and oxygen atoms in total. The maximum Gasteiger partial charge on any atom is 0.217 e. The second-order valence-electron chi connectivity index (χ2n) is 3.10. The van der Waals surface area contributed by atoms with Gasteiger partial charge >= 0.3 is 0 Å². The summed E-state index contributed by atoms with van der Waals surface area (Å²) in [5.74, 6) is -0.00190. The van der Waals surface area contributed by atoms with Crippen LogP contribution in [-0.2, 0) is 4.79 Å². The van der Waals surface area contributed by atoms with Gasteiger partial charge in [0.1, 0.15) is 0 Å². The van der Waals surface area contributed by atoms with E-state index in [1.807, 2.05) is 20.8 Å². The lowest BCUT2D eigenvalue weighted by Crippen LogP contribution is -2.23. The zero-order valence-corrected chi connectivity index (χ0v) is 9.16. The predicted octanol–water partition coefficient (Wildman–Crippen LogP) is 1.96. The molecule has 1 aromatic heterocycles. The second-order valence-corrected chi connectivity index (χ2v) is 4.34. The molecule has 4 heteroatoms. The van der Waals surface area contributed by atoms with Crippen LogP contribution >= 0.6 is 11.3 Å². The van der Waals surface area contributed by atoms with Crippen LogP contribution in [0.5, 0.6) is 0 Å². The number of aryl methyl sites for hydroxylation is 2. The summed E-state index contributed by atoms with van der Waals surface area (Å²) in [5, 5.41) is 3.89. The fourth-order valence-corrected chi connectivity index (χ4v) is 2.25. The minimum Gasteiger partial charge on any atom is -0.349 e. The quantitative estimate of drug-likeness (QED) is 0.789. The molecule has 1 N–H and O–H groups in total. The fraction of sp³-hybridized carbons (Fsp3) is 0.556. The Balaban J connectivity index is 2.81. The first-order valence-electron chi connectivity index (χ1n) is 4.21. The molecule has 0 aliphatic heterocycles. The summed E-state index contributed by atoms with van der Waals surface area (Å²) in [6.45, 7) is 7.44. The highest BCUT2D eigenvalue weighted by Crippen LogP contribution is 2.23. The maximum atomic E-state index is 10.8. The maximum absolute atomic E-state index is 10.8. The van der Waals surface area contributed by atoms with Gasteiger partial charge in [0.25, 0.3) is 0 Å². The van der Waals surface area contributed by atoms with E-state index in [-0.39, 0.29) is 11.9 Å². The molecule has 0 bridgehead atoms. The van der Waals surface area contributed by atoms with Gasteiger partial charge in [0.15, 0.2) is 0 Å². The van der Waals surface area contributed by atoms with Crippen molar-refractivity contribution in [3.05, 3.63) is 15.6 Å². The minimum atomic E-state index is -0.00190. The third-order valence-corrected chi connectivity index (χ3v) is 3.01. The zero-order valence-electron chi connectivity index (χ0n) is 8.34. The number of rotatable bonds is 2. The van der Waals surface area contributed by atoms with Crippen LogP contribution in [0.3, 0.4) is 0 Å². The Kier molecular flexibility index (Phi) is 3.03. The predicted molar refractivity (Wildman–Crippen MR) is 53.8 cm³/mol. The van der Waals surface area contributed by atoms with Gasteiger partial charge in [0.05, 0.1) is 16.7 Å². The fourth-order valence-electron chi connectivity index (χ4n) is 1.32. The van der Waals surface area contributed by atoms with Gasteiger partial charge in [0, 0.05) is 11.8 Å². The van der Waals surface area contributed by atoms with Gasteiger partial charge in [0.2, 0.25) is 5.91 Å². The molecule has 1 atom stereocenters. The van der Waals surface area contributed by atoms with E-state index in [0.717, 1.165) is 15.6 Å². The monoisotopic (exact) mass is 198 g/mol. The van der Waals surface area contributed by atoms with Gasteiger partial charge < -0.3 is 5.32 Å². The molecule has 0 saturated heterocycles. The van der Waals surface area contributed by atoms with Crippen LogP contribution in [0.15, 0.2) is 0 Å². The highest BCUT2D eigenvalue weighted by Gasteiger charge is 2.12. The van der Waals surface area contributed by atoms with Gasteiger partial charge in [-0.3, -0.25) is 4.79 Å². The molecule has 0 unspecified atom stereocenters. The van der Waals surface area contributed by atoms with Crippen molar-refractivity contribution in [2.75, 3.05) is 0 Å². The molecule has 0 spiro atoms. The summed E-state index contributed by atoms with van der Waals surface area (Å²) < 4.78 is 0. The Morgan fingerprint density at radius 3 is 2.54 bits per heavy atom. The van der Waals surface area contributed by atoms with Crippen molar-refractivity contribution in [2.45, 2.75) is 33.7 Å². The molecule has 0 aliphatic rings. The van der Waals surface area contributed by atoms with Crippen LogP contribution in [0.25, 0.3) is 0 Å². The van der Waals surface area contributed by atoms with E-state index < -0.39 is 0 Å². The number of thiazole rings is 1. The summed E-state index contributed by atoms with van der Waals surface area (Å²) in [5.41, 5.74) is 1.02. The molecule has 1 amide bonds. The van der Waals surface area contributed by atoms with Crippen molar-refractivity contribution in [1.82, 2.24) is 10.3 Å². The molecule has 1 rings (SSSR count). The second kappa shape index (κ2) is 3.87. The van der Waals surface area contributed by atoms with Crippen molar-refractivity contribution in [1.29, 1.82) is 0 Å². The van der Waals surface area contributed by atoms with E-state index in [1.165, 1.54) is 6.92 Å². The van der Waals surface area contributed by atoms with E-state index in [0.29, 0.717) is 0 Å².